The summed E-state index contributed by atoms with van der Waals surface area (Å²) in [5, 5.41) is 5.61. The molecule has 3 rings (SSSR count). The molecule has 0 saturated heterocycles. The van der Waals surface area contributed by atoms with Crippen LogP contribution in [0, 0.1) is 5.82 Å². The Labute approximate surface area is 153 Å². The van der Waals surface area contributed by atoms with Crippen molar-refractivity contribution in [2.75, 3.05) is 11.9 Å². The summed E-state index contributed by atoms with van der Waals surface area (Å²) in [6.07, 6.45) is 0.0926. The van der Waals surface area contributed by atoms with E-state index < -0.39 is 5.82 Å². The zero-order valence-electron chi connectivity index (χ0n) is 13.0. The molecule has 0 aliphatic heterocycles. The molecule has 1 aromatic heterocycles. The van der Waals surface area contributed by atoms with E-state index in [-0.39, 0.29) is 24.7 Å². The number of halogens is 2. The molecule has 0 fully saturated rings. The number of nitrogens with zero attached hydrogens (tertiary/aromatic N) is 1. The fourth-order valence-corrected chi connectivity index (χ4v) is 3.08. The van der Waals surface area contributed by atoms with Crippen molar-refractivity contribution < 1.29 is 13.9 Å². The minimum absolute atomic E-state index is 0.0789. The van der Waals surface area contributed by atoms with Gasteiger partial charge in [-0.25, -0.2) is 9.37 Å². The molecule has 25 heavy (non-hydrogen) atoms. The lowest BCUT2D eigenvalue weighted by Crippen LogP contribution is -2.15. The van der Waals surface area contributed by atoms with Crippen LogP contribution >= 0.6 is 22.9 Å². The van der Waals surface area contributed by atoms with Crippen molar-refractivity contribution in [3.8, 4) is 17.0 Å². The summed E-state index contributed by atoms with van der Waals surface area (Å²) in [5.74, 6) is -0.575. The van der Waals surface area contributed by atoms with Crippen molar-refractivity contribution in [3.05, 3.63) is 64.8 Å². The number of amides is 1. The number of para-hydroxylation sites is 1. The van der Waals surface area contributed by atoms with Gasteiger partial charge in [-0.1, -0.05) is 41.9 Å². The van der Waals surface area contributed by atoms with Crippen LogP contribution in [0.25, 0.3) is 11.3 Å². The van der Waals surface area contributed by atoms with Gasteiger partial charge in [0.05, 0.1) is 18.7 Å². The molecular weight excluding hydrogens is 363 g/mol. The van der Waals surface area contributed by atoms with Crippen molar-refractivity contribution in [1.82, 2.24) is 4.98 Å². The van der Waals surface area contributed by atoms with Crippen LogP contribution in [0.5, 0.6) is 5.75 Å². The number of aromatic nitrogens is 1. The Morgan fingerprint density at radius 3 is 2.76 bits per heavy atom. The first-order valence-electron chi connectivity index (χ1n) is 7.51. The monoisotopic (exact) mass is 376 g/mol. The molecule has 7 heteroatoms. The average Bonchev–Trinajstić information content (AvgIpc) is 3.05. The average molecular weight is 377 g/mol. The maximum absolute atomic E-state index is 13.4. The second kappa shape index (κ2) is 8.09. The van der Waals surface area contributed by atoms with E-state index in [1.807, 2.05) is 23.6 Å². The van der Waals surface area contributed by atoms with Crippen molar-refractivity contribution in [2.45, 2.75) is 6.42 Å². The molecule has 3 aromatic rings. The highest BCUT2D eigenvalue weighted by Crippen LogP contribution is 2.30. The normalized spacial score (nSPS) is 10.5. The number of ether oxygens (including phenoxy) is 1. The van der Waals surface area contributed by atoms with E-state index in [9.17, 15) is 9.18 Å². The molecule has 0 aliphatic carbocycles. The standard InChI is InChI=1S/C18H14ClFN2O2S/c19-13-6-2-1-5-12(13)15-11-25-18(21-15)22-17(23)9-10-24-16-8-4-3-7-14(16)20/h1-8,11H,9-10H2,(H,21,22,23). The Hall–Kier alpha value is -2.44. The first kappa shape index (κ1) is 17.4. The van der Waals surface area contributed by atoms with Crippen molar-refractivity contribution in [3.63, 3.8) is 0 Å². The molecule has 0 spiro atoms. The lowest BCUT2D eigenvalue weighted by Gasteiger charge is -2.06. The molecule has 0 bridgehead atoms. The van der Waals surface area contributed by atoms with Gasteiger partial charge < -0.3 is 10.1 Å². The van der Waals surface area contributed by atoms with E-state index in [1.165, 1.54) is 23.5 Å². The highest BCUT2D eigenvalue weighted by atomic mass is 35.5. The Morgan fingerprint density at radius 2 is 1.96 bits per heavy atom. The lowest BCUT2D eigenvalue weighted by molar-refractivity contribution is -0.116. The van der Waals surface area contributed by atoms with E-state index in [2.05, 4.69) is 10.3 Å². The predicted molar refractivity (Wildman–Crippen MR) is 97.7 cm³/mol. The molecular formula is C18H14ClFN2O2S. The fraction of sp³-hybridized carbons (Fsp3) is 0.111. The molecule has 128 valence electrons. The zero-order chi connectivity index (χ0) is 17.6. The van der Waals surface area contributed by atoms with Gasteiger partial charge in [0.25, 0.3) is 0 Å². The topological polar surface area (TPSA) is 51.2 Å². The second-order valence-corrected chi connectivity index (χ2v) is 6.36. The minimum Gasteiger partial charge on any atom is -0.490 e. The van der Waals surface area contributed by atoms with Gasteiger partial charge in [0.15, 0.2) is 16.7 Å². The summed E-state index contributed by atoms with van der Waals surface area (Å²) in [7, 11) is 0. The number of nitrogens with one attached hydrogen (secondary N) is 1. The summed E-state index contributed by atoms with van der Waals surface area (Å²) >= 11 is 7.45. The molecule has 0 saturated carbocycles. The van der Waals surface area contributed by atoms with Crippen LogP contribution in [0.2, 0.25) is 5.02 Å². The molecule has 0 aliphatic rings. The Kier molecular flexibility index (Phi) is 5.63. The third-order valence-electron chi connectivity index (χ3n) is 3.32. The third kappa shape index (κ3) is 4.55. The summed E-state index contributed by atoms with van der Waals surface area (Å²) in [6, 6.07) is 13.4. The molecule has 2 aromatic carbocycles. The van der Waals surface area contributed by atoms with Crippen LogP contribution in [0.15, 0.2) is 53.9 Å². The number of carbonyl (C=O) groups is 1. The van der Waals surface area contributed by atoms with E-state index >= 15 is 0 Å². The molecule has 0 radical (unpaired) electrons. The third-order valence-corrected chi connectivity index (χ3v) is 4.41. The van der Waals surface area contributed by atoms with Gasteiger partial charge in [0.2, 0.25) is 5.91 Å². The van der Waals surface area contributed by atoms with E-state index in [0.717, 1.165) is 5.56 Å². The maximum Gasteiger partial charge on any atom is 0.229 e. The lowest BCUT2D eigenvalue weighted by atomic mass is 10.2. The van der Waals surface area contributed by atoms with Crippen molar-refractivity contribution >= 4 is 34.0 Å². The number of carbonyl (C=O) groups excluding carboxylic acids is 1. The molecule has 1 N–H and O–H groups in total. The number of hydrogen-bond acceptors (Lipinski definition) is 4. The molecule has 1 heterocycles. The number of benzene rings is 2. The van der Waals surface area contributed by atoms with Gasteiger partial charge in [0.1, 0.15) is 0 Å². The first-order valence-corrected chi connectivity index (χ1v) is 8.77. The Morgan fingerprint density at radius 1 is 1.20 bits per heavy atom. The van der Waals surface area contributed by atoms with E-state index in [1.54, 1.807) is 18.2 Å². The summed E-state index contributed by atoms with van der Waals surface area (Å²) in [6.45, 7) is 0.0789. The number of thiazole rings is 1. The first-order chi connectivity index (χ1) is 12.1. The number of hydrogen-bond donors (Lipinski definition) is 1. The van der Waals surface area contributed by atoms with Crippen molar-refractivity contribution in [1.29, 1.82) is 0 Å². The van der Waals surface area contributed by atoms with Crippen LogP contribution < -0.4 is 10.1 Å². The van der Waals surface area contributed by atoms with Crippen LogP contribution in [-0.2, 0) is 4.79 Å². The van der Waals surface area contributed by atoms with Crippen LogP contribution in [0.3, 0.4) is 0 Å². The highest BCUT2D eigenvalue weighted by molar-refractivity contribution is 7.14. The number of anilines is 1. The van der Waals surface area contributed by atoms with E-state index in [4.69, 9.17) is 16.3 Å². The maximum atomic E-state index is 13.4. The zero-order valence-corrected chi connectivity index (χ0v) is 14.6. The predicted octanol–water partition coefficient (Wildman–Crippen LogP) is 5.01. The number of rotatable bonds is 6. The van der Waals surface area contributed by atoms with Gasteiger partial charge in [0, 0.05) is 16.0 Å². The van der Waals surface area contributed by atoms with Gasteiger partial charge in [-0.15, -0.1) is 11.3 Å². The molecule has 1 amide bonds. The van der Waals surface area contributed by atoms with Crippen LogP contribution in [0.4, 0.5) is 9.52 Å². The second-order valence-electron chi connectivity index (χ2n) is 5.09. The van der Waals surface area contributed by atoms with E-state index in [0.29, 0.717) is 15.8 Å². The molecule has 4 nitrogen and oxygen atoms in total. The largest absolute Gasteiger partial charge is 0.490 e. The molecule has 0 atom stereocenters. The van der Waals surface area contributed by atoms with Gasteiger partial charge in [-0.2, -0.15) is 0 Å². The highest BCUT2D eigenvalue weighted by Gasteiger charge is 2.10. The van der Waals surface area contributed by atoms with Crippen molar-refractivity contribution in [2.24, 2.45) is 0 Å². The molecule has 0 unspecified atom stereocenters. The Balaban J connectivity index is 1.54. The SMILES string of the molecule is O=C(CCOc1ccccc1F)Nc1nc(-c2ccccc2Cl)cs1. The van der Waals surface area contributed by atoms with Crippen LogP contribution in [0.1, 0.15) is 6.42 Å². The summed E-state index contributed by atoms with van der Waals surface area (Å²) < 4.78 is 18.7. The fourth-order valence-electron chi connectivity index (χ4n) is 2.12. The Bertz CT molecular complexity index is 885. The quantitative estimate of drug-likeness (QED) is 0.657. The minimum atomic E-state index is -0.452. The summed E-state index contributed by atoms with van der Waals surface area (Å²) in [4.78, 5) is 16.3. The van der Waals surface area contributed by atoms with Gasteiger partial charge >= 0.3 is 0 Å². The van der Waals surface area contributed by atoms with Gasteiger partial charge in [-0.05, 0) is 18.2 Å². The summed E-state index contributed by atoms with van der Waals surface area (Å²) in [5.41, 5.74) is 1.51. The van der Waals surface area contributed by atoms with Crippen LogP contribution in [-0.4, -0.2) is 17.5 Å². The smallest absolute Gasteiger partial charge is 0.229 e. The van der Waals surface area contributed by atoms with Gasteiger partial charge in [-0.3, -0.25) is 4.79 Å².